The van der Waals surface area contributed by atoms with Crippen LogP contribution >= 0.6 is 0 Å². The molecule has 0 unspecified atom stereocenters. The molecule has 4 aliphatic rings. The van der Waals surface area contributed by atoms with E-state index in [1.54, 1.807) is 13.0 Å². The van der Waals surface area contributed by atoms with E-state index in [2.05, 4.69) is 13.8 Å². The minimum Gasteiger partial charge on any atom is -0.515 e. The summed E-state index contributed by atoms with van der Waals surface area (Å²) in [4.78, 5) is 36.8. The molecule has 3 saturated carbocycles. The van der Waals surface area contributed by atoms with Crippen LogP contribution in [0.3, 0.4) is 0 Å². The van der Waals surface area contributed by atoms with Crippen molar-refractivity contribution in [2.75, 3.05) is 0 Å². The standard InChI is InChI=1S/C24H32O5/c1-14(26)24(29-15(2)27)10-7-20-18-11-16(13-25)21-12-17(28)5-8-22(21,3)19(18)6-9-23(20,24)4/h12-13,18-20,25H,5-11H2,1-4H3/b16-13+/t18-,19+,20+,22-,23+,24+/m1/s1. The smallest absolute Gasteiger partial charge is 0.303 e. The highest BCUT2D eigenvalue weighted by molar-refractivity contribution is 5.92. The van der Waals surface area contributed by atoms with E-state index in [9.17, 15) is 19.5 Å². The van der Waals surface area contributed by atoms with Gasteiger partial charge in [0.2, 0.25) is 0 Å². The second kappa shape index (κ2) is 6.55. The minimum atomic E-state index is -1.04. The number of aliphatic hydroxyl groups excluding tert-OH is 1. The van der Waals surface area contributed by atoms with Crippen molar-refractivity contribution in [3.8, 4) is 0 Å². The van der Waals surface area contributed by atoms with E-state index in [0.29, 0.717) is 31.1 Å². The van der Waals surface area contributed by atoms with Gasteiger partial charge in [0, 0.05) is 18.8 Å². The molecule has 4 aliphatic carbocycles. The van der Waals surface area contributed by atoms with Crippen LogP contribution in [0, 0.1) is 28.6 Å². The third-order valence-electron chi connectivity index (χ3n) is 9.03. The van der Waals surface area contributed by atoms with Crippen molar-refractivity contribution in [3.05, 3.63) is 23.5 Å². The molecule has 0 bridgehead atoms. The SMILES string of the molecule is CC(=O)O[C@]1(C(C)=O)CC[C@H]2[C@@H]3C/C(=C\O)C4=CC(=O)CC[C@]4(C)[C@H]3CC[C@@]21C. The van der Waals surface area contributed by atoms with Crippen LogP contribution < -0.4 is 0 Å². The number of ketones is 2. The highest BCUT2D eigenvalue weighted by Crippen LogP contribution is 2.69. The van der Waals surface area contributed by atoms with E-state index in [4.69, 9.17) is 4.74 Å². The van der Waals surface area contributed by atoms with E-state index < -0.39 is 17.0 Å². The van der Waals surface area contributed by atoms with E-state index in [-0.39, 0.29) is 22.9 Å². The molecule has 3 fully saturated rings. The normalized spacial score (nSPS) is 45.1. The summed E-state index contributed by atoms with van der Waals surface area (Å²) in [6.07, 6.45) is 8.20. The van der Waals surface area contributed by atoms with Crippen LogP contribution in [-0.2, 0) is 19.1 Å². The summed E-state index contributed by atoms with van der Waals surface area (Å²) >= 11 is 0. The Bertz CT molecular complexity index is 838. The topological polar surface area (TPSA) is 80.7 Å². The molecule has 0 aromatic heterocycles. The number of esters is 1. The molecule has 6 atom stereocenters. The molecule has 0 radical (unpaired) electrons. The number of ether oxygens (including phenoxy) is 1. The Kier molecular flexibility index (Phi) is 4.60. The summed E-state index contributed by atoms with van der Waals surface area (Å²) in [6, 6.07) is 0. The number of rotatable bonds is 2. The van der Waals surface area contributed by atoms with Crippen LogP contribution in [0.15, 0.2) is 23.5 Å². The van der Waals surface area contributed by atoms with Gasteiger partial charge in [0.15, 0.2) is 17.2 Å². The lowest BCUT2D eigenvalue weighted by Crippen LogP contribution is -2.58. The maximum atomic E-state index is 12.8. The molecule has 0 saturated heterocycles. The van der Waals surface area contributed by atoms with Gasteiger partial charge < -0.3 is 9.84 Å². The largest absolute Gasteiger partial charge is 0.515 e. The maximum Gasteiger partial charge on any atom is 0.303 e. The van der Waals surface area contributed by atoms with Gasteiger partial charge >= 0.3 is 5.97 Å². The Morgan fingerprint density at radius 2 is 1.83 bits per heavy atom. The van der Waals surface area contributed by atoms with E-state index in [1.165, 1.54) is 13.2 Å². The average molecular weight is 401 g/mol. The molecule has 0 aromatic carbocycles. The zero-order chi connectivity index (χ0) is 21.2. The van der Waals surface area contributed by atoms with Gasteiger partial charge in [0.05, 0.1) is 6.26 Å². The molecule has 158 valence electrons. The molecule has 0 aliphatic heterocycles. The van der Waals surface area contributed by atoms with Crippen LogP contribution in [0.4, 0.5) is 0 Å². The zero-order valence-electron chi connectivity index (χ0n) is 17.9. The van der Waals surface area contributed by atoms with Gasteiger partial charge in [0.25, 0.3) is 0 Å². The number of carbonyl (C=O) groups excluding carboxylic acids is 3. The van der Waals surface area contributed by atoms with Gasteiger partial charge in [-0.25, -0.2) is 0 Å². The number of aliphatic hydroxyl groups is 1. The Labute approximate surface area is 172 Å². The van der Waals surface area contributed by atoms with Crippen LogP contribution in [-0.4, -0.2) is 28.2 Å². The summed E-state index contributed by atoms with van der Waals surface area (Å²) in [5.74, 6) is 0.646. The Hall–Kier alpha value is -1.91. The first-order valence-electron chi connectivity index (χ1n) is 10.9. The molecule has 5 heteroatoms. The minimum absolute atomic E-state index is 0.0556. The number of allylic oxidation sites excluding steroid dienone is 2. The fourth-order valence-corrected chi connectivity index (χ4v) is 7.67. The summed E-state index contributed by atoms with van der Waals surface area (Å²) in [6.45, 7) is 7.31. The maximum absolute atomic E-state index is 12.8. The van der Waals surface area contributed by atoms with Crippen molar-refractivity contribution in [1.29, 1.82) is 0 Å². The van der Waals surface area contributed by atoms with Crippen molar-refractivity contribution in [1.82, 2.24) is 0 Å². The number of Topliss-reactive ketones (excluding diaryl/α,β-unsaturated/α-hetero) is 1. The highest BCUT2D eigenvalue weighted by atomic mass is 16.6. The molecule has 29 heavy (non-hydrogen) atoms. The molecule has 0 heterocycles. The molecule has 4 rings (SSSR count). The summed E-state index contributed by atoms with van der Waals surface area (Å²) in [5, 5.41) is 10.00. The van der Waals surface area contributed by atoms with Gasteiger partial charge in [-0.05, 0) is 85.8 Å². The molecular weight excluding hydrogens is 368 g/mol. The lowest BCUT2D eigenvalue weighted by atomic mass is 9.45. The van der Waals surface area contributed by atoms with E-state index >= 15 is 0 Å². The quantitative estimate of drug-likeness (QED) is 0.547. The van der Waals surface area contributed by atoms with Crippen molar-refractivity contribution >= 4 is 17.5 Å². The summed E-state index contributed by atoms with van der Waals surface area (Å²) < 4.78 is 5.80. The van der Waals surface area contributed by atoms with Gasteiger partial charge in [0.1, 0.15) is 0 Å². The number of fused-ring (bicyclic) bond motifs is 5. The van der Waals surface area contributed by atoms with Gasteiger partial charge in [-0.1, -0.05) is 13.8 Å². The highest BCUT2D eigenvalue weighted by Gasteiger charge is 2.68. The lowest BCUT2D eigenvalue weighted by Gasteiger charge is -2.59. The van der Waals surface area contributed by atoms with Crippen LogP contribution in [0.5, 0.6) is 0 Å². The molecule has 5 nitrogen and oxygen atoms in total. The third-order valence-corrected chi connectivity index (χ3v) is 9.03. The van der Waals surface area contributed by atoms with Crippen LogP contribution in [0.1, 0.15) is 72.6 Å². The fourth-order valence-electron chi connectivity index (χ4n) is 7.67. The summed E-state index contributed by atoms with van der Waals surface area (Å²) in [5.41, 5.74) is 0.303. The second-order valence-electron chi connectivity index (χ2n) is 10.1. The molecule has 0 amide bonds. The lowest BCUT2D eigenvalue weighted by molar-refractivity contribution is -0.186. The van der Waals surface area contributed by atoms with E-state index in [0.717, 1.165) is 36.8 Å². The van der Waals surface area contributed by atoms with Gasteiger partial charge in [-0.2, -0.15) is 0 Å². The second-order valence-corrected chi connectivity index (χ2v) is 10.1. The van der Waals surface area contributed by atoms with E-state index in [1.807, 2.05) is 0 Å². The third kappa shape index (κ3) is 2.62. The first kappa shape index (κ1) is 20.4. The molecule has 0 spiro atoms. The molecular formula is C24H32O5. The zero-order valence-corrected chi connectivity index (χ0v) is 17.9. The van der Waals surface area contributed by atoms with Crippen molar-refractivity contribution in [3.63, 3.8) is 0 Å². The van der Waals surface area contributed by atoms with Gasteiger partial charge in [-0.15, -0.1) is 0 Å². The van der Waals surface area contributed by atoms with Crippen LogP contribution in [0.25, 0.3) is 0 Å². The first-order valence-corrected chi connectivity index (χ1v) is 10.9. The number of hydrogen-bond donors (Lipinski definition) is 1. The monoisotopic (exact) mass is 400 g/mol. The first-order chi connectivity index (χ1) is 13.6. The van der Waals surface area contributed by atoms with Crippen molar-refractivity contribution in [2.45, 2.75) is 78.2 Å². The Balaban J connectivity index is 1.77. The van der Waals surface area contributed by atoms with Crippen molar-refractivity contribution < 1.29 is 24.2 Å². The molecule has 0 aromatic rings. The molecule has 1 N–H and O–H groups in total. The van der Waals surface area contributed by atoms with Crippen LogP contribution in [0.2, 0.25) is 0 Å². The Morgan fingerprint density at radius 1 is 1.14 bits per heavy atom. The predicted octanol–water partition coefficient (Wildman–Crippen LogP) is 4.46. The fraction of sp³-hybridized carbons (Fsp3) is 0.708. The predicted molar refractivity (Wildman–Crippen MR) is 108 cm³/mol. The number of hydrogen-bond acceptors (Lipinski definition) is 5. The summed E-state index contributed by atoms with van der Waals surface area (Å²) in [7, 11) is 0. The van der Waals surface area contributed by atoms with Gasteiger partial charge in [-0.3, -0.25) is 14.4 Å². The Morgan fingerprint density at radius 3 is 2.45 bits per heavy atom. The number of carbonyl (C=O) groups is 3. The van der Waals surface area contributed by atoms with Crippen molar-refractivity contribution in [2.24, 2.45) is 28.6 Å². The average Bonchev–Trinajstić information content (AvgIpc) is 2.95.